The standard InChI is InChI=1S/C82H54N4O/c1-53-19-13-24-56(43-53)65-39-41-76-73(49-65)74-50-66(40-42-77(74)86(76)70-35-9-4-10-36-70)61-29-15-25-57(45-61)60-28-16-32-64(46-60)69-51-72(79-75(52-69)71-37-11-12-38-78(71)87-79)67-33-17-30-62(47-67)58-26-14-27-59(44-58)63-31-18-34-68(48-63)82-84-80(54-20-5-2-6-21-54)83-81(85-82)55-22-7-3-8-23-55/h2-52H,1H3. The molecule has 0 bridgehead atoms. The van der Waals surface area contributed by atoms with Gasteiger partial charge >= 0.3 is 0 Å². The highest BCUT2D eigenvalue weighted by molar-refractivity contribution is 6.13. The molecule has 0 aliphatic rings. The number of aromatic nitrogens is 4. The number of fused-ring (bicyclic) bond motifs is 6. The molecule has 0 amide bonds. The number of aryl methyl sites for hydroxylation is 1. The van der Waals surface area contributed by atoms with E-state index >= 15 is 0 Å². The van der Waals surface area contributed by atoms with Gasteiger partial charge in [-0.3, -0.25) is 0 Å². The van der Waals surface area contributed by atoms with Crippen LogP contribution in [0, 0.1) is 6.92 Å². The maximum absolute atomic E-state index is 6.80. The summed E-state index contributed by atoms with van der Waals surface area (Å²) in [6.45, 7) is 2.16. The van der Waals surface area contributed by atoms with E-state index in [4.69, 9.17) is 19.4 Å². The highest BCUT2D eigenvalue weighted by Crippen LogP contribution is 2.43. The summed E-state index contributed by atoms with van der Waals surface area (Å²) in [5, 5.41) is 4.62. The van der Waals surface area contributed by atoms with Crippen LogP contribution in [-0.4, -0.2) is 19.5 Å². The van der Waals surface area contributed by atoms with Gasteiger partial charge in [0, 0.05) is 49.5 Å². The quantitative estimate of drug-likeness (QED) is 0.129. The minimum absolute atomic E-state index is 0.621. The maximum Gasteiger partial charge on any atom is 0.164 e. The number of hydrogen-bond donors (Lipinski definition) is 0. The van der Waals surface area contributed by atoms with Crippen molar-refractivity contribution >= 4 is 43.7 Å². The predicted octanol–water partition coefficient (Wildman–Crippen LogP) is 21.8. The SMILES string of the molecule is Cc1cccc(-c2ccc3c(c2)c2cc(-c4cccc(-c5cccc(-c6cc(-c7cccc(-c8cccc(-c9cccc(-c%10nc(-c%11ccccc%11)nc(-c%11ccccc%11)n%10)c9)c8)c7)c7oc8ccccc8c7c6)c5)c4)ccc2n3-c2ccccc2)c1. The van der Waals surface area contributed by atoms with Crippen molar-refractivity contribution in [3.8, 4) is 118 Å². The summed E-state index contributed by atoms with van der Waals surface area (Å²) < 4.78 is 9.20. The summed E-state index contributed by atoms with van der Waals surface area (Å²) in [7, 11) is 0. The second-order valence-electron chi connectivity index (χ2n) is 22.4. The highest BCUT2D eigenvalue weighted by Gasteiger charge is 2.20. The topological polar surface area (TPSA) is 56.7 Å². The number of hydrogen-bond acceptors (Lipinski definition) is 4. The molecule has 0 saturated heterocycles. The Kier molecular flexibility index (Phi) is 12.7. The molecule has 5 nitrogen and oxygen atoms in total. The fraction of sp³-hybridized carbons (Fsp3) is 0.0122. The smallest absolute Gasteiger partial charge is 0.164 e. The normalized spacial score (nSPS) is 11.5. The van der Waals surface area contributed by atoms with E-state index in [1.807, 2.05) is 66.7 Å². The second-order valence-corrected chi connectivity index (χ2v) is 22.4. The van der Waals surface area contributed by atoms with E-state index in [0.29, 0.717) is 17.5 Å². The third kappa shape index (κ3) is 9.64. The van der Waals surface area contributed by atoms with Crippen molar-refractivity contribution in [1.82, 2.24) is 19.5 Å². The van der Waals surface area contributed by atoms with E-state index in [0.717, 1.165) is 106 Å². The zero-order valence-corrected chi connectivity index (χ0v) is 47.6. The predicted molar refractivity (Wildman–Crippen MR) is 361 cm³/mol. The molecule has 16 rings (SSSR count). The largest absolute Gasteiger partial charge is 0.455 e. The Morgan fingerprint density at radius 2 is 0.621 bits per heavy atom. The third-order valence-corrected chi connectivity index (χ3v) is 16.9. The lowest BCUT2D eigenvalue weighted by Crippen LogP contribution is -2.00. The summed E-state index contributed by atoms with van der Waals surface area (Å²) in [6, 6.07) is 111. The van der Waals surface area contributed by atoms with Crippen LogP contribution in [0.4, 0.5) is 0 Å². The molecule has 408 valence electrons. The molecular formula is C82H54N4O. The van der Waals surface area contributed by atoms with Crippen LogP contribution in [0.25, 0.3) is 161 Å². The molecule has 87 heavy (non-hydrogen) atoms. The van der Waals surface area contributed by atoms with Crippen molar-refractivity contribution in [2.45, 2.75) is 6.92 Å². The number of benzene rings is 13. The lowest BCUT2D eigenvalue weighted by molar-refractivity contribution is 0.670. The maximum atomic E-state index is 6.80. The van der Waals surface area contributed by atoms with E-state index < -0.39 is 0 Å². The van der Waals surface area contributed by atoms with Gasteiger partial charge in [-0.15, -0.1) is 0 Å². The summed E-state index contributed by atoms with van der Waals surface area (Å²) in [4.78, 5) is 15.0. The van der Waals surface area contributed by atoms with Gasteiger partial charge in [0.2, 0.25) is 0 Å². The van der Waals surface area contributed by atoms with Gasteiger partial charge in [0.1, 0.15) is 11.2 Å². The molecule has 0 N–H and O–H groups in total. The van der Waals surface area contributed by atoms with Gasteiger partial charge in [-0.05, 0) is 164 Å². The fourth-order valence-electron chi connectivity index (χ4n) is 12.5. The van der Waals surface area contributed by atoms with Gasteiger partial charge in [-0.2, -0.15) is 0 Å². The van der Waals surface area contributed by atoms with Crippen LogP contribution in [0.5, 0.6) is 0 Å². The number of rotatable bonds is 11. The van der Waals surface area contributed by atoms with E-state index in [9.17, 15) is 0 Å². The average Bonchev–Trinajstić information content (AvgIpc) is 1.75. The molecule has 0 fully saturated rings. The van der Waals surface area contributed by atoms with Crippen molar-refractivity contribution in [2.24, 2.45) is 0 Å². The van der Waals surface area contributed by atoms with Crippen LogP contribution >= 0.6 is 0 Å². The molecule has 0 spiro atoms. The first-order valence-electron chi connectivity index (χ1n) is 29.5. The molecule has 0 saturated carbocycles. The van der Waals surface area contributed by atoms with E-state index in [1.54, 1.807) is 0 Å². The molecule has 5 heteroatoms. The molecule has 0 aliphatic heterocycles. The van der Waals surface area contributed by atoms with Crippen molar-refractivity contribution in [3.05, 3.63) is 315 Å². The van der Waals surface area contributed by atoms with Crippen LogP contribution in [0.2, 0.25) is 0 Å². The lowest BCUT2D eigenvalue weighted by Gasteiger charge is -2.12. The highest BCUT2D eigenvalue weighted by atomic mass is 16.3. The molecule has 13 aromatic carbocycles. The minimum Gasteiger partial charge on any atom is -0.455 e. The number of furan rings is 1. The van der Waals surface area contributed by atoms with Crippen LogP contribution in [0.1, 0.15) is 5.56 Å². The molecule has 0 atom stereocenters. The molecule has 16 aromatic rings. The van der Waals surface area contributed by atoms with Crippen LogP contribution in [0.3, 0.4) is 0 Å². The van der Waals surface area contributed by atoms with Gasteiger partial charge in [0.25, 0.3) is 0 Å². The van der Waals surface area contributed by atoms with Gasteiger partial charge in [0.15, 0.2) is 17.5 Å². The van der Waals surface area contributed by atoms with E-state index in [1.165, 1.54) is 44.1 Å². The summed E-state index contributed by atoms with van der Waals surface area (Å²) in [5.74, 6) is 1.89. The summed E-state index contributed by atoms with van der Waals surface area (Å²) in [5.41, 5.74) is 25.1. The first-order valence-corrected chi connectivity index (χ1v) is 29.5. The molecule has 0 radical (unpaired) electrons. The Bertz CT molecular complexity index is 5240. The molecule has 0 unspecified atom stereocenters. The second kappa shape index (κ2) is 21.6. The summed E-state index contributed by atoms with van der Waals surface area (Å²) in [6.07, 6.45) is 0. The van der Waals surface area contributed by atoms with Crippen LogP contribution in [-0.2, 0) is 0 Å². The van der Waals surface area contributed by atoms with E-state index in [-0.39, 0.29) is 0 Å². The van der Waals surface area contributed by atoms with Gasteiger partial charge in [0.05, 0.1) is 11.0 Å². The van der Waals surface area contributed by atoms with Crippen molar-refractivity contribution in [3.63, 3.8) is 0 Å². The van der Waals surface area contributed by atoms with Gasteiger partial charge < -0.3 is 8.98 Å². The zero-order chi connectivity index (χ0) is 57.8. The Morgan fingerprint density at radius 1 is 0.253 bits per heavy atom. The Hall–Kier alpha value is -11.5. The van der Waals surface area contributed by atoms with E-state index in [2.05, 4.69) is 254 Å². The van der Waals surface area contributed by atoms with Crippen molar-refractivity contribution in [1.29, 1.82) is 0 Å². The van der Waals surface area contributed by atoms with Crippen molar-refractivity contribution < 1.29 is 4.42 Å². The first-order chi connectivity index (χ1) is 43.0. The van der Waals surface area contributed by atoms with Crippen LogP contribution < -0.4 is 0 Å². The molecule has 0 aliphatic carbocycles. The zero-order valence-electron chi connectivity index (χ0n) is 47.6. The lowest BCUT2D eigenvalue weighted by atomic mass is 9.92. The molecule has 3 aromatic heterocycles. The molecular weight excluding hydrogens is 1060 g/mol. The van der Waals surface area contributed by atoms with Crippen LogP contribution in [0.15, 0.2) is 314 Å². The third-order valence-electron chi connectivity index (χ3n) is 16.9. The minimum atomic E-state index is 0.621. The average molecular weight is 1110 g/mol. The Balaban J connectivity index is 0.743. The van der Waals surface area contributed by atoms with Crippen molar-refractivity contribution in [2.75, 3.05) is 0 Å². The monoisotopic (exact) mass is 1110 g/mol. The van der Waals surface area contributed by atoms with Gasteiger partial charge in [-0.25, -0.2) is 15.0 Å². The summed E-state index contributed by atoms with van der Waals surface area (Å²) >= 11 is 0. The number of para-hydroxylation sites is 2. The Morgan fingerprint density at radius 3 is 1.14 bits per heavy atom. The Labute approximate surface area is 504 Å². The first kappa shape index (κ1) is 51.1. The number of nitrogens with zero attached hydrogens (tertiary/aromatic N) is 4. The van der Waals surface area contributed by atoms with Gasteiger partial charge in [-0.1, -0.05) is 230 Å². The molecule has 3 heterocycles. The fourth-order valence-corrected chi connectivity index (χ4v) is 12.5.